The van der Waals surface area contributed by atoms with Crippen LogP contribution in [0.1, 0.15) is 43.5 Å². The molecular formula is C25H33N3O3S. The average molecular weight is 456 g/mol. The molecule has 1 amide bonds. The van der Waals surface area contributed by atoms with E-state index >= 15 is 0 Å². The van der Waals surface area contributed by atoms with Crippen LogP contribution in [0.4, 0.5) is 5.69 Å². The van der Waals surface area contributed by atoms with E-state index in [1.165, 1.54) is 16.8 Å². The molecule has 7 heteroatoms. The second-order valence-corrected chi connectivity index (χ2v) is 11.0. The largest absolute Gasteiger partial charge is 0.369 e. The molecule has 1 N–H and O–H groups in total. The lowest BCUT2D eigenvalue weighted by Crippen LogP contribution is -2.48. The fourth-order valence-electron chi connectivity index (χ4n) is 4.81. The van der Waals surface area contributed by atoms with Gasteiger partial charge in [-0.3, -0.25) is 4.79 Å². The molecule has 0 unspecified atom stereocenters. The minimum absolute atomic E-state index is 0.137. The molecule has 2 aromatic carbocycles. The summed E-state index contributed by atoms with van der Waals surface area (Å²) in [6, 6.07) is 16.6. The summed E-state index contributed by atoms with van der Waals surface area (Å²) >= 11 is 0. The third-order valence-electron chi connectivity index (χ3n) is 7.12. The molecule has 1 saturated heterocycles. The van der Waals surface area contributed by atoms with E-state index in [1.807, 2.05) is 30.3 Å². The number of rotatable bonds is 5. The van der Waals surface area contributed by atoms with Crippen molar-refractivity contribution in [3.8, 4) is 0 Å². The Morgan fingerprint density at radius 2 is 1.66 bits per heavy atom. The Balaban J connectivity index is 1.43. The molecule has 1 saturated carbocycles. The van der Waals surface area contributed by atoms with Gasteiger partial charge >= 0.3 is 0 Å². The lowest BCUT2D eigenvalue weighted by molar-refractivity contribution is 0.0891. The molecule has 4 rings (SSSR count). The van der Waals surface area contributed by atoms with E-state index in [2.05, 4.69) is 24.1 Å². The SMILES string of the molecule is C[C@@H]1[C@H](C)CCC[C@@H]1NC(=O)c1cccc(S(=O)(=O)N2CCN(c3ccccc3)CC2)c1. The van der Waals surface area contributed by atoms with Gasteiger partial charge in [0.15, 0.2) is 0 Å². The van der Waals surface area contributed by atoms with Gasteiger partial charge in [0, 0.05) is 43.5 Å². The van der Waals surface area contributed by atoms with Crippen molar-refractivity contribution in [2.75, 3.05) is 31.1 Å². The van der Waals surface area contributed by atoms with Gasteiger partial charge in [-0.25, -0.2) is 8.42 Å². The van der Waals surface area contributed by atoms with Gasteiger partial charge in [0.1, 0.15) is 0 Å². The fraction of sp³-hybridized carbons (Fsp3) is 0.480. The number of amides is 1. The number of benzene rings is 2. The van der Waals surface area contributed by atoms with Crippen LogP contribution in [-0.2, 0) is 10.0 Å². The summed E-state index contributed by atoms with van der Waals surface area (Å²) < 4.78 is 28.1. The number of carbonyl (C=O) groups is 1. The second-order valence-electron chi connectivity index (χ2n) is 9.10. The Hall–Kier alpha value is -2.38. The van der Waals surface area contributed by atoms with E-state index in [0.717, 1.165) is 18.5 Å². The van der Waals surface area contributed by atoms with Crippen molar-refractivity contribution >= 4 is 21.6 Å². The summed E-state index contributed by atoms with van der Waals surface area (Å²) in [4.78, 5) is 15.3. The smallest absolute Gasteiger partial charge is 0.251 e. The van der Waals surface area contributed by atoms with E-state index in [9.17, 15) is 13.2 Å². The van der Waals surface area contributed by atoms with Gasteiger partial charge in [-0.05, 0) is 48.6 Å². The summed E-state index contributed by atoms with van der Waals surface area (Å²) in [5.41, 5.74) is 1.51. The van der Waals surface area contributed by atoms with Crippen molar-refractivity contribution in [1.29, 1.82) is 0 Å². The van der Waals surface area contributed by atoms with Gasteiger partial charge in [0.25, 0.3) is 5.91 Å². The molecule has 1 aliphatic carbocycles. The molecule has 2 aromatic rings. The zero-order valence-electron chi connectivity index (χ0n) is 18.9. The van der Waals surface area contributed by atoms with Crippen molar-refractivity contribution in [2.24, 2.45) is 11.8 Å². The van der Waals surface area contributed by atoms with Crippen LogP contribution < -0.4 is 10.2 Å². The van der Waals surface area contributed by atoms with Crippen LogP contribution in [-0.4, -0.2) is 50.9 Å². The molecule has 172 valence electrons. The summed E-state index contributed by atoms with van der Waals surface area (Å²) in [5.74, 6) is 0.803. The highest BCUT2D eigenvalue weighted by molar-refractivity contribution is 7.89. The Kier molecular flexibility index (Phi) is 6.86. The molecule has 0 bridgehead atoms. The highest BCUT2D eigenvalue weighted by atomic mass is 32.2. The lowest BCUT2D eigenvalue weighted by atomic mass is 9.78. The predicted octanol–water partition coefficient (Wildman–Crippen LogP) is 3.75. The first-order valence-corrected chi connectivity index (χ1v) is 13.0. The number of sulfonamides is 1. The van der Waals surface area contributed by atoms with Gasteiger partial charge in [-0.2, -0.15) is 4.31 Å². The normalized spacial score (nSPS) is 24.8. The maximum absolute atomic E-state index is 13.3. The van der Waals surface area contributed by atoms with Crippen LogP contribution in [0, 0.1) is 11.8 Å². The topological polar surface area (TPSA) is 69.7 Å². The van der Waals surface area contributed by atoms with E-state index in [4.69, 9.17) is 0 Å². The van der Waals surface area contributed by atoms with Crippen LogP contribution in [0.3, 0.4) is 0 Å². The Morgan fingerprint density at radius 1 is 0.938 bits per heavy atom. The first kappa shape index (κ1) is 22.8. The molecule has 32 heavy (non-hydrogen) atoms. The number of piperazine rings is 1. The first-order chi connectivity index (χ1) is 15.4. The summed E-state index contributed by atoms with van der Waals surface area (Å²) in [6.45, 7) is 6.54. The number of hydrogen-bond acceptors (Lipinski definition) is 4. The number of carbonyl (C=O) groups excluding carboxylic acids is 1. The predicted molar refractivity (Wildman–Crippen MR) is 127 cm³/mol. The Bertz CT molecular complexity index is 1030. The van der Waals surface area contributed by atoms with Gasteiger partial charge in [-0.15, -0.1) is 0 Å². The highest BCUT2D eigenvalue weighted by Crippen LogP contribution is 2.30. The molecule has 0 aromatic heterocycles. The maximum atomic E-state index is 13.3. The van der Waals surface area contributed by atoms with E-state index in [0.29, 0.717) is 43.6 Å². The molecule has 3 atom stereocenters. The summed E-state index contributed by atoms with van der Waals surface area (Å²) in [5, 5.41) is 3.14. The van der Waals surface area contributed by atoms with E-state index in [-0.39, 0.29) is 16.8 Å². The van der Waals surface area contributed by atoms with Crippen molar-refractivity contribution in [3.05, 3.63) is 60.2 Å². The van der Waals surface area contributed by atoms with Crippen LogP contribution >= 0.6 is 0 Å². The van der Waals surface area contributed by atoms with Gasteiger partial charge in [0.05, 0.1) is 4.90 Å². The highest BCUT2D eigenvalue weighted by Gasteiger charge is 2.31. The van der Waals surface area contributed by atoms with Crippen molar-refractivity contribution in [3.63, 3.8) is 0 Å². The lowest BCUT2D eigenvalue weighted by Gasteiger charge is -2.35. The van der Waals surface area contributed by atoms with Crippen LogP contribution in [0.15, 0.2) is 59.5 Å². The molecule has 6 nitrogen and oxygen atoms in total. The number of hydrogen-bond donors (Lipinski definition) is 1. The summed E-state index contributed by atoms with van der Waals surface area (Å²) in [7, 11) is -3.65. The number of para-hydroxylation sites is 1. The van der Waals surface area contributed by atoms with Crippen LogP contribution in [0.5, 0.6) is 0 Å². The number of nitrogens with zero attached hydrogens (tertiary/aromatic N) is 2. The number of nitrogens with one attached hydrogen (secondary N) is 1. The standard InChI is InChI=1S/C25H33N3O3S/c1-19-8-6-13-24(20(19)2)26-25(29)21-9-7-12-23(18-21)32(30,31)28-16-14-27(15-17-28)22-10-4-3-5-11-22/h3-5,7,9-12,18-20,24H,6,8,13-17H2,1-2H3,(H,26,29)/t19-,20-,24+/m1/s1. The van der Waals surface area contributed by atoms with Crippen molar-refractivity contribution in [2.45, 2.75) is 44.0 Å². The first-order valence-electron chi connectivity index (χ1n) is 11.6. The minimum atomic E-state index is -3.65. The van der Waals surface area contributed by atoms with Crippen molar-refractivity contribution < 1.29 is 13.2 Å². The van der Waals surface area contributed by atoms with Gasteiger partial charge in [0.2, 0.25) is 10.0 Å². The average Bonchev–Trinajstić information content (AvgIpc) is 2.83. The Morgan fingerprint density at radius 3 is 2.38 bits per heavy atom. The second kappa shape index (κ2) is 9.63. The van der Waals surface area contributed by atoms with Gasteiger partial charge in [-0.1, -0.05) is 51.0 Å². The van der Waals surface area contributed by atoms with Crippen LogP contribution in [0.25, 0.3) is 0 Å². The molecule has 1 heterocycles. The minimum Gasteiger partial charge on any atom is -0.369 e. The number of anilines is 1. The van der Waals surface area contributed by atoms with Gasteiger partial charge < -0.3 is 10.2 Å². The third-order valence-corrected chi connectivity index (χ3v) is 9.01. The maximum Gasteiger partial charge on any atom is 0.251 e. The Labute approximate surface area is 191 Å². The third kappa shape index (κ3) is 4.84. The molecular weight excluding hydrogens is 422 g/mol. The van der Waals surface area contributed by atoms with Crippen molar-refractivity contribution in [1.82, 2.24) is 9.62 Å². The summed E-state index contributed by atoms with van der Waals surface area (Å²) in [6.07, 6.45) is 3.28. The zero-order chi connectivity index (χ0) is 22.7. The van der Waals surface area contributed by atoms with E-state index in [1.54, 1.807) is 18.2 Å². The monoisotopic (exact) mass is 455 g/mol. The fourth-order valence-corrected chi connectivity index (χ4v) is 6.28. The quantitative estimate of drug-likeness (QED) is 0.746. The molecule has 0 radical (unpaired) electrons. The molecule has 1 aliphatic heterocycles. The van der Waals surface area contributed by atoms with E-state index < -0.39 is 10.0 Å². The molecule has 2 fully saturated rings. The van der Waals surface area contributed by atoms with Crippen LogP contribution in [0.2, 0.25) is 0 Å². The molecule has 0 spiro atoms. The zero-order valence-corrected chi connectivity index (χ0v) is 19.7. The molecule has 2 aliphatic rings.